The van der Waals surface area contributed by atoms with Gasteiger partial charge in [-0.3, -0.25) is 4.79 Å². The fourth-order valence-electron chi connectivity index (χ4n) is 2.70. The number of rotatable bonds is 9. The van der Waals surface area contributed by atoms with Crippen LogP contribution in [0.3, 0.4) is 0 Å². The molecule has 0 fully saturated rings. The Morgan fingerprint density at radius 1 is 1.09 bits per heavy atom. The predicted molar refractivity (Wildman–Crippen MR) is 95.0 cm³/mol. The normalized spacial score (nSPS) is 11.9. The summed E-state index contributed by atoms with van der Waals surface area (Å²) >= 11 is 0. The van der Waals surface area contributed by atoms with E-state index in [0.717, 1.165) is 25.1 Å². The van der Waals surface area contributed by atoms with E-state index in [1.807, 2.05) is 6.07 Å². The summed E-state index contributed by atoms with van der Waals surface area (Å²) in [5, 5.41) is 12.2. The number of nitrogens with one attached hydrogen (secondary N) is 1. The summed E-state index contributed by atoms with van der Waals surface area (Å²) in [6.45, 7) is 3.13. The lowest BCUT2D eigenvalue weighted by Crippen LogP contribution is -2.12. The maximum Gasteiger partial charge on any atom is 0.303 e. The van der Waals surface area contributed by atoms with E-state index >= 15 is 0 Å². The molecule has 0 amide bonds. The summed E-state index contributed by atoms with van der Waals surface area (Å²) in [6.07, 6.45) is 2.84. The van der Waals surface area contributed by atoms with Gasteiger partial charge >= 0.3 is 5.97 Å². The molecule has 0 heterocycles. The van der Waals surface area contributed by atoms with Gasteiger partial charge in [-0.1, -0.05) is 49.4 Å². The Hall–Kier alpha value is -2.29. The van der Waals surface area contributed by atoms with Crippen LogP contribution in [0.25, 0.3) is 0 Å². The van der Waals surface area contributed by atoms with Gasteiger partial charge in [-0.15, -0.1) is 0 Å². The first-order valence-corrected chi connectivity index (χ1v) is 8.28. The van der Waals surface area contributed by atoms with Crippen molar-refractivity contribution < 1.29 is 9.90 Å². The first-order valence-electron chi connectivity index (χ1n) is 8.28. The number of carbonyl (C=O) groups is 1. The van der Waals surface area contributed by atoms with Crippen LogP contribution in [0.5, 0.6) is 0 Å². The Morgan fingerprint density at radius 2 is 1.78 bits per heavy atom. The van der Waals surface area contributed by atoms with Crippen molar-refractivity contribution in [3.8, 4) is 0 Å². The second-order valence-electron chi connectivity index (χ2n) is 5.84. The van der Waals surface area contributed by atoms with Crippen molar-refractivity contribution in [3.63, 3.8) is 0 Å². The SMILES string of the molecule is CCC(CNc1ccc(CCCC(=O)O)cc1)c1ccccc1. The van der Waals surface area contributed by atoms with Gasteiger partial charge in [0.15, 0.2) is 0 Å². The number of carboxylic acids is 1. The summed E-state index contributed by atoms with van der Waals surface area (Å²) < 4.78 is 0. The largest absolute Gasteiger partial charge is 0.481 e. The molecule has 3 nitrogen and oxygen atoms in total. The van der Waals surface area contributed by atoms with Crippen molar-refractivity contribution in [1.82, 2.24) is 0 Å². The molecule has 2 aromatic carbocycles. The third-order valence-electron chi connectivity index (χ3n) is 4.13. The Labute approximate surface area is 138 Å². The molecule has 2 N–H and O–H groups in total. The molecule has 0 saturated heterocycles. The van der Waals surface area contributed by atoms with Crippen molar-refractivity contribution in [3.05, 3.63) is 65.7 Å². The summed E-state index contributed by atoms with van der Waals surface area (Å²) in [7, 11) is 0. The van der Waals surface area contributed by atoms with Gasteiger partial charge in [-0.25, -0.2) is 0 Å². The van der Waals surface area contributed by atoms with Gasteiger partial charge in [-0.2, -0.15) is 0 Å². The first kappa shape index (κ1) is 17.1. The molecule has 0 spiro atoms. The topological polar surface area (TPSA) is 49.3 Å². The number of hydrogen-bond acceptors (Lipinski definition) is 2. The second-order valence-corrected chi connectivity index (χ2v) is 5.84. The predicted octanol–water partition coefficient (Wildman–Crippen LogP) is 4.70. The fourth-order valence-corrected chi connectivity index (χ4v) is 2.70. The van der Waals surface area contributed by atoms with E-state index in [1.54, 1.807) is 0 Å². The minimum Gasteiger partial charge on any atom is -0.481 e. The number of hydrogen-bond donors (Lipinski definition) is 2. The van der Waals surface area contributed by atoms with E-state index in [-0.39, 0.29) is 6.42 Å². The maximum atomic E-state index is 10.5. The monoisotopic (exact) mass is 311 g/mol. The van der Waals surface area contributed by atoms with Crippen molar-refractivity contribution in [2.24, 2.45) is 0 Å². The second kappa shape index (κ2) is 8.99. The fraction of sp³-hybridized carbons (Fsp3) is 0.350. The average Bonchev–Trinajstić information content (AvgIpc) is 2.57. The molecule has 1 unspecified atom stereocenters. The standard InChI is InChI=1S/C20H25NO2/c1-2-17(18-8-4-3-5-9-18)15-21-19-13-11-16(12-14-19)7-6-10-20(22)23/h3-5,8-9,11-14,17,21H,2,6-7,10,15H2,1H3,(H,22,23). The van der Waals surface area contributed by atoms with E-state index < -0.39 is 5.97 Å². The molecule has 122 valence electrons. The summed E-state index contributed by atoms with van der Waals surface area (Å²) in [4.78, 5) is 10.5. The number of aryl methyl sites for hydroxylation is 1. The van der Waals surface area contributed by atoms with Gasteiger partial charge in [0.25, 0.3) is 0 Å². The molecule has 2 aromatic rings. The zero-order valence-corrected chi connectivity index (χ0v) is 13.7. The van der Waals surface area contributed by atoms with Crippen LogP contribution in [0, 0.1) is 0 Å². The lowest BCUT2D eigenvalue weighted by Gasteiger charge is -2.17. The highest BCUT2D eigenvalue weighted by atomic mass is 16.4. The molecule has 0 aliphatic carbocycles. The van der Waals surface area contributed by atoms with Crippen LogP contribution in [0.2, 0.25) is 0 Å². The van der Waals surface area contributed by atoms with Crippen molar-refractivity contribution >= 4 is 11.7 Å². The molecule has 0 aliphatic rings. The van der Waals surface area contributed by atoms with Crippen molar-refractivity contribution in [2.75, 3.05) is 11.9 Å². The molecule has 23 heavy (non-hydrogen) atoms. The van der Waals surface area contributed by atoms with Gasteiger partial charge in [0.05, 0.1) is 0 Å². The minimum absolute atomic E-state index is 0.231. The van der Waals surface area contributed by atoms with Gasteiger partial charge < -0.3 is 10.4 Å². The van der Waals surface area contributed by atoms with Crippen LogP contribution in [0.1, 0.15) is 43.2 Å². The number of anilines is 1. The average molecular weight is 311 g/mol. The molecule has 3 heteroatoms. The van der Waals surface area contributed by atoms with Gasteiger partial charge in [0.1, 0.15) is 0 Å². The van der Waals surface area contributed by atoms with Crippen LogP contribution in [0.4, 0.5) is 5.69 Å². The molecule has 0 radical (unpaired) electrons. The van der Waals surface area contributed by atoms with Gasteiger partial charge in [0.2, 0.25) is 0 Å². The molecule has 0 saturated carbocycles. The van der Waals surface area contributed by atoms with Crippen molar-refractivity contribution in [2.45, 2.75) is 38.5 Å². The summed E-state index contributed by atoms with van der Waals surface area (Å²) in [5.41, 5.74) is 3.67. The van der Waals surface area contributed by atoms with Gasteiger partial charge in [0, 0.05) is 24.6 Å². The lowest BCUT2D eigenvalue weighted by atomic mass is 9.96. The Kier molecular flexibility index (Phi) is 6.67. The molecule has 0 aliphatic heterocycles. The first-order chi connectivity index (χ1) is 11.2. The van der Waals surface area contributed by atoms with E-state index in [2.05, 4.69) is 60.8 Å². The van der Waals surface area contributed by atoms with Crippen LogP contribution in [0.15, 0.2) is 54.6 Å². The zero-order valence-electron chi connectivity index (χ0n) is 13.7. The Morgan fingerprint density at radius 3 is 2.39 bits per heavy atom. The summed E-state index contributed by atoms with van der Waals surface area (Å²) in [5.74, 6) is -0.221. The van der Waals surface area contributed by atoms with E-state index in [1.165, 1.54) is 11.1 Å². The summed E-state index contributed by atoms with van der Waals surface area (Å²) in [6, 6.07) is 18.9. The van der Waals surface area contributed by atoms with E-state index in [9.17, 15) is 4.79 Å². The van der Waals surface area contributed by atoms with Gasteiger partial charge in [-0.05, 0) is 42.5 Å². The quantitative estimate of drug-likeness (QED) is 0.705. The van der Waals surface area contributed by atoms with E-state index in [4.69, 9.17) is 5.11 Å². The lowest BCUT2D eigenvalue weighted by molar-refractivity contribution is -0.137. The van der Waals surface area contributed by atoms with Crippen LogP contribution < -0.4 is 5.32 Å². The maximum absolute atomic E-state index is 10.5. The third-order valence-corrected chi connectivity index (χ3v) is 4.13. The number of aliphatic carboxylic acids is 1. The van der Waals surface area contributed by atoms with Crippen LogP contribution in [-0.2, 0) is 11.2 Å². The molecule has 0 aromatic heterocycles. The highest BCUT2D eigenvalue weighted by molar-refractivity contribution is 5.66. The number of benzene rings is 2. The van der Waals surface area contributed by atoms with E-state index in [0.29, 0.717) is 12.3 Å². The zero-order chi connectivity index (χ0) is 16.5. The minimum atomic E-state index is -0.727. The Balaban J connectivity index is 1.84. The smallest absolute Gasteiger partial charge is 0.303 e. The van der Waals surface area contributed by atoms with Crippen LogP contribution in [-0.4, -0.2) is 17.6 Å². The third kappa shape index (κ3) is 5.78. The van der Waals surface area contributed by atoms with Crippen molar-refractivity contribution in [1.29, 1.82) is 0 Å². The van der Waals surface area contributed by atoms with Crippen LogP contribution >= 0.6 is 0 Å². The molecule has 1 atom stereocenters. The molecule has 0 bridgehead atoms. The highest BCUT2D eigenvalue weighted by Gasteiger charge is 2.08. The highest BCUT2D eigenvalue weighted by Crippen LogP contribution is 2.20. The number of carboxylic acid groups (broad SMARTS) is 1. The Bertz CT molecular complexity index is 593. The molecular weight excluding hydrogens is 286 g/mol. The molecular formula is C20H25NO2. The molecule has 2 rings (SSSR count).